The lowest BCUT2D eigenvalue weighted by atomic mass is 10.1. The standard InChI is InChI=1S/C19H22Cl2N2O3S/c1-3-14-4-6-15(7-5-14)22-8-10-23(11-9-22)27(24,25)19-13-16(20)18(26-2)12-17(19)21/h4-7,12-13H,3,8-11H2,1-2H3. The van der Waals surface area contributed by atoms with Crippen molar-refractivity contribution in [3.8, 4) is 5.75 Å². The Labute approximate surface area is 170 Å². The molecule has 0 radical (unpaired) electrons. The zero-order valence-electron chi connectivity index (χ0n) is 15.3. The van der Waals surface area contributed by atoms with Crippen LogP contribution in [0.4, 0.5) is 5.69 Å². The Bertz CT molecular complexity index is 909. The van der Waals surface area contributed by atoms with E-state index in [0.29, 0.717) is 31.9 Å². The van der Waals surface area contributed by atoms with Crippen molar-refractivity contribution in [1.82, 2.24) is 4.31 Å². The molecule has 1 fully saturated rings. The van der Waals surface area contributed by atoms with Crippen molar-refractivity contribution in [3.05, 3.63) is 52.0 Å². The van der Waals surface area contributed by atoms with Crippen LogP contribution in [0.25, 0.3) is 0 Å². The number of ether oxygens (including phenoxy) is 1. The molecule has 1 aliphatic rings. The largest absolute Gasteiger partial charge is 0.495 e. The van der Waals surface area contributed by atoms with Gasteiger partial charge in [0.1, 0.15) is 10.6 Å². The molecule has 1 heterocycles. The second-order valence-corrected chi connectivity index (χ2v) is 9.05. The number of benzene rings is 2. The van der Waals surface area contributed by atoms with Crippen molar-refractivity contribution in [2.24, 2.45) is 0 Å². The van der Waals surface area contributed by atoms with Crippen molar-refractivity contribution in [2.75, 3.05) is 38.2 Å². The summed E-state index contributed by atoms with van der Waals surface area (Å²) >= 11 is 12.3. The molecule has 0 spiro atoms. The van der Waals surface area contributed by atoms with Gasteiger partial charge in [0, 0.05) is 37.9 Å². The summed E-state index contributed by atoms with van der Waals surface area (Å²) in [5.41, 5.74) is 2.39. The van der Waals surface area contributed by atoms with Crippen LogP contribution in [0.3, 0.4) is 0 Å². The van der Waals surface area contributed by atoms with Gasteiger partial charge in [0.25, 0.3) is 0 Å². The Balaban J connectivity index is 1.75. The molecule has 1 aliphatic heterocycles. The van der Waals surface area contributed by atoms with E-state index in [9.17, 15) is 8.42 Å². The van der Waals surface area contributed by atoms with Gasteiger partial charge in [-0.25, -0.2) is 8.42 Å². The third kappa shape index (κ3) is 4.19. The van der Waals surface area contributed by atoms with Crippen LogP contribution in [0.15, 0.2) is 41.3 Å². The summed E-state index contributed by atoms with van der Waals surface area (Å²) in [7, 11) is -2.27. The molecule has 3 rings (SSSR count). The third-order valence-corrected chi connectivity index (χ3v) is 7.43. The SMILES string of the molecule is CCc1ccc(N2CCN(S(=O)(=O)c3cc(Cl)c(OC)cc3Cl)CC2)cc1. The summed E-state index contributed by atoms with van der Waals surface area (Å²) in [6.45, 7) is 4.13. The molecule has 2 aromatic rings. The van der Waals surface area contributed by atoms with E-state index in [1.54, 1.807) is 0 Å². The molecule has 0 unspecified atom stereocenters. The molecule has 0 amide bonds. The number of nitrogens with zero attached hydrogens (tertiary/aromatic N) is 2. The van der Waals surface area contributed by atoms with Gasteiger partial charge in [0.15, 0.2) is 0 Å². The minimum atomic E-state index is -3.72. The summed E-state index contributed by atoms with van der Waals surface area (Å²) in [5.74, 6) is 0.348. The lowest BCUT2D eigenvalue weighted by molar-refractivity contribution is 0.384. The third-order valence-electron chi connectivity index (χ3n) is 4.77. The number of anilines is 1. The lowest BCUT2D eigenvalue weighted by Crippen LogP contribution is -2.48. The smallest absolute Gasteiger partial charge is 0.244 e. The number of rotatable bonds is 5. The van der Waals surface area contributed by atoms with E-state index < -0.39 is 10.0 Å². The van der Waals surface area contributed by atoms with Gasteiger partial charge >= 0.3 is 0 Å². The van der Waals surface area contributed by atoms with Crippen molar-refractivity contribution in [2.45, 2.75) is 18.2 Å². The highest BCUT2D eigenvalue weighted by Crippen LogP contribution is 2.35. The first-order valence-corrected chi connectivity index (χ1v) is 10.9. The maximum atomic E-state index is 13.0. The Morgan fingerprint density at radius 2 is 1.63 bits per heavy atom. The van der Waals surface area contributed by atoms with Crippen molar-refractivity contribution in [3.63, 3.8) is 0 Å². The fourth-order valence-corrected chi connectivity index (χ4v) is 5.38. The fourth-order valence-electron chi connectivity index (χ4n) is 3.13. The zero-order valence-corrected chi connectivity index (χ0v) is 17.6. The molecule has 5 nitrogen and oxygen atoms in total. The molecular weight excluding hydrogens is 407 g/mol. The van der Waals surface area contributed by atoms with E-state index in [4.69, 9.17) is 27.9 Å². The van der Waals surface area contributed by atoms with E-state index in [1.165, 1.54) is 29.1 Å². The van der Waals surface area contributed by atoms with Crippen LogP contribution in [-0.2, 0) is 16.4 Å². The summed E-state index contributed by atoms with van der Waals surface area (Å²) < 4.78 is 32.6. The molecule has 1 saturated heterocycles. The number of methoxy groups -OCH3 is 1. The van der Waals surface area contributed by atoms with Crippen LogP contribution in [0.1, 0.15) is 12.5 Å². The quantitative estimate of drug-likeness (QED) is 0.719. The molecule has 146 valence electrons. The van der Waals surface area contributed by atoms with Crippen LogP contribution in [0, 0.1) is 0 Å². The highest BCUT2D eigenvalue weighted by atomic mass is 35.5. The van der Waals surface area contributed by atoms with Gasteiger partial charge < -0.3 is 9.64 Å². The summed E-state index contributed by atoms with van der Waals surface area (Å²) in [6, 6.07) is 11.2. The van der Waals surface area contributed by atoms with Gasteiger partial charge in [-0.2, -0.15) is 4.31 Å². The summed E-state index contributed by atoms with van der Waals surface area (Å²) in [4.78, 5) is 2.20. The number of halogens is 2. The average Bonchev–Trinajstić information content (AvgIpc) is 2.69. The molecule has 8 heteroatoms. The monoisotopic (exact) mass is 428 g/mol. The molecule has 0 bridgehead atoms. The Kier molecular flexibility index (Phi) is 6.21. The maximum Gasteiger partial charge on any atom is 0.244 e. The van der Waals surface area contributed by atoms with Crippen LogP contribution >= 0.6 is 23.2 Å². The molecule has 0 aromatic heterocycles. The maximum absolute atomic E-state index is 13.0. The second kappa shape index (κ2) is 8.27. The number of hydrogen-bond acceptors (Lipinski definition) is 4. The van der Waals surface area contributed by atoms with E-state index in [2.05, 4.69) is 36.1 Å². The number of sulfonamides is 1. The molecule has 27 heavy (non-hydrogen) atoms. The molecule has 0 aliphatic carbocycles. The van der Waals surface area contributed by atoms with Crippen LogP contribution in [0.2, 0.25) is 10.0 Å². The van der Waals surface area contributed by atoms with E-state index in [1.807, 2.05) is 0 Å². The topological polar surface area (TPSA) is 49.9 Å². The zero-order chi connectivity index (χ0) is 19.6. The molecule has 0 N–H and O–H groups in total. The minimum absolute atomic E-state index is 0.00992. The molecule has 2 aromatic carbocycles. The van der Waals surface area contributed by atoms with Crippen molar-refractivity contribution >= 4 is 38.9 Å². The highest BCUT2D eigenvalue weighted by molar-refractivity contribution is 7.89. The number of piperazine rings is 1. The Hall–Kier alpha value is -1.47. The normalized spacial score (nSPS) is 15.8. The lowest BCUT2D eigenvalue weighted by Gasteiger charge is -2.35. The first kappa shape index (κ1) is 20.3. The Morgan fingerprint density at radius 3 is 2.19 bits per heavy atom. The van der Waals surface area contributed by atoms with Crippen LogP contribution in [-0.4, -0.2) is 46.0 Å². The van der Waals surface area contributed by atoms with E-state index in [0.717, 1.165) is 12.1 Å². The van der Waals surface area contributed by atoms with E-state index >= 15 is 0 Å². The van der Waals surface area contributed by atoms with Crippen LogP contribution < -0.4 is 9.64 Å². The van der Waals surface area contributed by atoms with Gasteiger partial charge in [-0.1, -0.05) is 42.3 Å². The Morgan fingerprint density at radius 1 is 1.00 bits per heavy atom. The van der Waals surface area contributed by atoms with Gasteiger partial charge in [0.2, 0.25) is 10.0 Å². The number of hydrogen-bond donors (Lipinski definition) is 0. The first-order valence-electron chi connectivity index (χ1n) is 8.74. The molecule has 0 saturated carbocycles. The summed E-state index contributed by atoms with van der Waals surface area (Å²) in [6.07, 6.45) is 0.998. The van der Waals surface area contributed by atoms with Crippen molar-refractivity contribution in [1.29, 1.82) is 0 Å². The fraction of sp³-hybridized carbons (Fsp3) is 0.368. The van der Waals surface area contributed by atoms with Gasteiger partial charge in [-0.05, 0) is 30.2 Å². The van der Waals surface area contributed by atoms with E-state index in [-0.39, 0.29) is 14.9 Å². The molecule has 0 atom stereocenters. The van der Waals surface area contributed by atoms with Gasteiger partial charge in [-0.3, -0.25) is 0 Å². The predicted molar refractivity (Wildman–Crippen MR) is 110 cm³/mol. The molecular formula is C19H22Cl2N2O3S. The average molecular weight is 429 g/mol. The predicted octanol–water partition coefficient (Wildman–Crippen LogP) is 4.08. The van der Waals surface area contributed by atoms with Crippen molar-refractivity contribution < 1.29 is 13.2 Å². The van der Waals surface area contributed by atoms with Gasteiger partial charge in [0.05, 0.1) is 17.2 Å². The number of aryl methyl sites for hydroxylation is 1. The summed E-state index contributed by atoms with van der Waals surface area (Å²) in [5, 5.41) is 0.323. The highest BCUT2D eigenvalue weighted by Gasteiger charge is 2.31. The first-order chi connectivity index (χ1) is 12.9. The minimum Gasteiger partial charge on any atom is -0.495 e. The van der Waals surface area contributed by atoms with Crippen LogP contribution in [0.5, 0.6) is 5.75 Å². The van der Waals surface area contributed by atoms with Gasteiger partial charge in [-0.15, -0.1) is 0 Å². The second-order valence-electron chi connectivity index (χ2n) is 6.33.